The van der Waals surface area contributed by atoms with Crippen LogP contribution in [0.3, 0.4) is 0 Å². The number of hydrogen-bond donors (Lipinski definition) is 3. The van der Waals surface area contributed by atoms with Gasteiger partial charge in [0.1, 0.15) is 17.5 Å². The van der Waals surface area contributed by atoms with Gasteiger partial charge in [0, 0.05) is 25.6 Å². The van der Waals surface area contributed by atoms with Crippen molar-refractivity contribution in [3.63, 3.8) is 0 Å². The van der Waals surface area contributed by atoms with Crippen molar-refractivity contribution in [2.24, 2.45) is 0 Å². The third kappa shape index (κ3) is 3.80. The van der Waals surface area contributed by atoms with E-state index >= 15 is 0 Å². The first kappa shape index (κ1) is 14.1. The van der Waals surface area contributed by atoms with Gasteiger partial charge in [-0.1, -0.05) is 6.92 Å². The first-order chi connectivity index (χ1) is 9.15. The van der Waals surface area contributed by atoms with E-state index in [1.54, 1.807) is 0 Å². The highest BCUT2D eigenvalue weighted by Gasteiger charge is 2.34. The monoisotopic (exact) mass is 264 g/mol. The zero-order chi connectivity index (χ0) is 13.7. The summed E-state index contributed by atoms with van der Waals surface area (Å²) in [6, 6.07) is 1.91. The normalized spacial score (nSPS) is 16.8. The van der Waals surface area contributed by atoms with Gasteiger partial charge in [-0.05, 0) is 32.6 Å². The highest BCUT2D eigenvalue weighted by molar-refractivity contribution is 5.47. The van der Waals surface area contributed by atoms with E-state index in [9.17, 15) is 5.11 Å². The van der Waals surface area contributed by atoms with Gasteiger partial charge in [0.2, 0.25) is 0 Å². The molecule has 0 unspecified atom stereocenters. The number of nitrogens with one attached hydrogen (secondary N) is 2. The highest BCUT2D eigenvalue weighted by atomic mass is 16.3. The molecule has 1 heterocycles. The molecule has 1 aromatic rings. The molecule has 1 aliphatic carbocycles. The average molecular weight is 264 g/mol. The predicted octanol–water partition coefficient (Wildman–Crippen LogP) is 2.19. The molecule has 5 heteroatoms. The molecule has 1 aromatic heterocycles. The summed E-state index contributed by atoms with van der Waals surface area (Å²) in [5, 5.41) is 16.6. The summed E-state index contributed by atoms with van der Waals surface area (Å²) in [6.07, 6.45) is 4.78. The molecular weight excluding hydrogens is 240 g/mol. The Morgan fingerprint density at radius 1 is 1.21 bits per heavy atom. The second kappa shape index (κ2) is 6.19. The number of aromatic nitrogens is 2. The molecular formula is C14H24N4O. The Hall–Kier alpha value is -1.36. The van der Waals surface area contributed by atoms with Crippen LogP contribution in [0, 0.1) is 0 Å². The molecule has 0 aliphatic heterocycles. The second-order valence-corrected chi connectivity index (χ2v) is 5.27. The number of aliphatic hydroxyl groups is 1. The first-order valence-corrected chi connectivity index (χ1v) is 7.23. The van der Waals surface area contributed by atoms with E-state index in [4.69, 9.17) is 0 Å². The van der Waals surface area contributed by atoms with Crippen molar-refractivity contribution in [1.82, 2.24) is 9.97 Å². The Balaban J connectivity index is 2.04. The van der Waals surface area contributed by atoms with Crippen LogP contribution >= 0.6 is 0 Å². The number of nitrogens with zero attached hydrogens (tertiary/aromatic N) is 2. The van der Waals surface area contributed by atoms with Gasteiger partial charge in [0.15, 0.2) is 0 Å². The quantitative estimate of drug-likeness (QED) is 0.704. The van der Waals surface area contributed by atoms with Crippen LogP contribution in [0.1, 0.15) is 45.4 Å². The van der Waals surface area contributed by atoms with Crippen LogP contribution < -0.4 is 10.6 Å². The molecule has 19 heavy (non-hydrogen) atoms. The summed E-state index contributed by atoms with van der Waals surface area (Å²) in [4.78, 5) is 8.96. The summed E-state index contributed by atoms with van der Waals surface area (Å²) in [7, 11) is 0. The number of anilines is 2. The largest absolute Gasteiger partial charge is 0.388 e. The predicted molar refractivity (Wildman–Crippen MR) is 77.5 cm³/mol. The molecule has 1 fully saturated rings. The first-order valence-electron chi connectivity index (χ1n) is 7.23. The maximum atomic E-state index is 10.1. The maximum absolute atomic E-state index is 10.1. The maximum Gasteiger partial charge on any atom is 0.133 e. The molecule has 0 aromatic carbocycles. The molecule has 0 atom stereocenters. The Morgan fingerprint density at radius 2 is 1.89 bits per heavy atom. The van der Waals surface area contributed by atoms with Gasteiger partial charge in [-0.3, -0.25) is 0 Å². The van der Waals surface area contributed by atoms with Gasteiger partial charge in [0.25, 0.3) is 0 Å². The molecule has 2 rings (SSSR count). The molecule has 0 amide bonds. The minimum atomic E-state index is -0.534. The number of hydrogen-bond acceptors (Lipinski definition) is 5. The van der Waals surface area contributed by atoms with Gasteiger partial charge < -0.3 is 15.7 Å². The Bertz CT molecular complexity index is 394. The summed E-state index contributed by atoms with van der Waals surface area (Å²) in [5.41, 5.74) is -0.534. The fraction of sp³-hybridized carbons (Fsp3) is 0.714. The summed E-state index contributed by atoms with van der Waals surface area (Å²) >= 11 is 0. The van der Waals surface area contributed by atoms with Crippen LogP contribution in [0.2, 0.25) is 0 Å². The molecule has 3 N–H and O–H groups in total. The number of aryl methyl sites for hydroxylation is 1. The third-order valence-corrected chi connectivity index (χ3v) is 3.49. The SMILES string of the molecule is CCCc1nc(NCC)cc(NCC2(O)CCC2)n1. The van der Waals surface area contributed by atoms with Gasteiger partial charge >= 0.3 is 0 Å². The van der Waals surface area contributed by atoms with Crippen LogP contribution in [0.5, 0.6) is 0 Å². The van der Waals surface area contributed by atoms with E-state index in [0.29, 0.717) is 6.54 Å². The summed E-state index contributed by atoms with van der Waals surface area (Å²) in [6.45, 7) is 5.58. The molecule has 1 aliphatic rings. The molecule has 5 nitrogen and oxygen atoms in total. The lowest BCUT2D eigenvalue weighted by Crippen LogP contribution is -2.43. The Morgan fingerprint density at radius 3 is 2.42 bits per heavy atom. The molecule has 0 bridgehead atoms. The Kier molecular flexibility index (Phi) is 4.58. The molecule has 0 saturated heterocycles. The van der Waals surface area contributed by atoms with Crippen molar-refractivity contribution in [3.8, 4) is 0 Å². The molecule has 1 saturated carbocycles. The van der Waals surface area contributed by atoms with E-state index in [1.165, 1.54) is 0 Å². The van der Waals surface area contributed by atoms with E-state index in [-0.39, 0.29) is 0 Å². The second-order valence-electron chi connectivity index (χ2n) is 5.27. The van der Waals surface area contributed by atoms with Crippen molar-refractivity contribution >= 4 is 11.6 Å². The lowest BCUT2D eigenvalue weighted by molar-refractivity contribution is -0.0202. The number of rotatable bonds is 7. The summed E-state index contributed by atoms with van der Waals surface area (Å²) < 4.78 is 0. The molecule has 106 valence electrons. The van der Waals surface area contributed by atoms with Crippen molar-refractivity contribution in [2.75, 3.05) is 23.7 Å². The van der Waals surface area contributed by atoms with Gasteiger partial charge in [-0.2, -0.15) is 0 Å². The lowest BCUT2D eigenvalue weighted by Gasteiger charge is -2.36. The van der Waals surface area contributed by atoms with Crippen molar-refractivity contribution in [2.45, 2.75) is 51.6 Å². The highest BCUT2D eigenvalue weighted by Crippen LogP contribution is 2.31. The zero-order valence-electron chi connectivity index (χ0n) is 11.9. The van der Waals surface area contributed by atoms with Crippen molar-refractivity contribution < 1.29 is 5.11 Å². The minimum absolute atomic E-state index is 0.534. The topological polar surface area (TPSA) is 70.1 Å². The molecule has 0 spiro atoms. The van der Waals surface area contributed by atoms with Crippen LogP contribution in [0.25, 0.3) is 0 Å². The summed E-state index contributed by atoms with van der Waals surface area (Å²) in [5.74, 6) is 2.50. The molecule has 0 radical (unpaired) electrons. The van der Waals surface area contributed by atoms with Crippen LogP contribution in [-0.4, -0.2) is 33.8 Å². The van der Waals surface area contributed by atoms with Crippen LogP contribution in [-0.2, 0) is 6.42 Å². The van der Waals surface area contributed by atoms with E-state index in [1.807, 2.05) is 13.0 Å². The van der Waals surface area contributed by atoms with Gasteiger partial charge in [-0.15, -0.1) is 0 Å². The van der Waals surface area contributed by atoms with Crippen molar-refractivity contribution in [3.05, 3.63) is 11.9 Å². The zero-order valence-corrected chi connectivity index (χ0v) is 11.9. The van der Waals surface area contributed by atoms with Gasteiger partial charge in [0.05, 0.1) is 5.60 Å². The fourth-order valence-corrected chi connectivity index (χ4v) is 2.21. The lowest BCUT2D eigenvalue weighted by atomic mass is 9.80. The van der Waals surface area contributed by atoms with Gasteiger partial charge in [-0.25, -0.2) is 9.97 Å². The van der Waals surface area contributed by atoms with Crippen LogP contribution in [0.15, 0.2) is 6.07 Å². The van der Waals surface area contributed by atoms with E-state index in [2.05, 4.69) is 27.5 Å². The van der Waals surface area contributed by atoms with E-state index < -0.39 is 5.60 Å². The fourth-order valence-electron chi connectivity index (χ4n) is 2.21. The minimum Gasteiger partial charge on any atom is -0.388 e. The third-order valence-electron chi connectivity index (χ3n) is 3.49. The smallest absolute Gasteiger partial charge is 0.133 e. The van der Waals surface area contributed by atoms with Crippen molar-refractivity contribution in [1.29, 1.82) is 0 Å². The van der Waals surface area contributed by atoms with E-state index in [0.717, 1.165) is 56.1 Å². The van der Waals surface area contributed by atoms with Crippen LogP contribution in [0.4, 0.5) is 11.6 Å². The standard InChI is InChI=1S/C14H24N4O/c1-3-6-11-17-12(15-4-2)9-13(18-11)16-10-14(19)7-5-8-14/h9,19H,3-8,10H2,1-2H3,(H2,15,16,17,18). The Labute approximate surface area is 114 Å². The average Bonchev–Trinajstić information content (AvgIpc) is 2.35.